The summed E-state index contributed by atoms with van der Waals surface area (Å²) < 4.78 is 26.9. The second kappa shape index (κ2) is 7.47. The summed E-state index contributed by atoms with van der Waals surface area (Å²) in [5.74, 6) is 0.0854. The molecule has 0 radical (unpaired) electrons. The maximum Gasteiger partial charge on any atom is 0.218 e. The van der Waals surface area contributed by atoms with Gasteiger partial charge in [-0.05, 0) is 18.1 Å². The van der Waals surface area contributed by atoms with Crippen molar-refractivity contribution in [2.45, 2.75) is 18.7 Å². The van der Waals surface area contributed by atoms with E-state index in [9.17, 15) is 8.42 Å². The second-order valence-electron chi connectivity index (χ2n) is 6.26. The minimum Gasteiger partial charge on any atom is -0.294 e. The highest BCUT2D eigenvalue weighted by Crippen LogP contribution is 2.22. The van der Waals surface area contributed by atoms with E-state index in [0.29, 0.717) is 19.1 Å². The Morgan fingerprint density at radius 1 is 0.875 bits per heavy atom. The molecule has 1 fully saturated rings. The fourth-order valence-corrected chi connectivity index (χ4v) is 4.70. The van der Waals surface area contributed by atoms with Crippen molar-refractivity contribution in [3.8, 4) is 0 Å². The molecule has 2 aromatic carbocycles. The lowest BCUT2D eigenvalue weighted by Gasteiger charge is -2.37. The zero-order chi connectivity index (χ0) is 17.0. The van der Waals surface area contributed by atoms with Gasteiger partial charge in [0.2, 0.25) is 10.0 Å². The van der Waals surface area contributed by atoms with Crippen LogP contribution in [0.5, 0.6) is 0 Å². The van der Waals surface area contributed by atoms with Crippen molar-refractivity contribution in [2.75, 3.05) is 26.2 Å². The van der Waals surface area contributed by atoms with Crippen LogP contribution in [0.2, 0.25) is 0 Å². The van der Waals surface area contributed by atoms with Gasteiger partial charge in [-0.2, -0.15) is 4.31 Å². The number of nitrogens with zero attached hydrogens (tertiary/aromatic N) is 2. The van der Waals surface area contributed by atoms with Gasteiger partial charge in [0.15, 0.2) is 0 Å². The van der Waals surface area contributed by atoms with Gasteiger partial charge in [0.25, 0.3) is 0 Å². The molecule has 5 heteroatoms. The van der Waals surface area contributed by atoms with Crippen LogP contribution in [0.4, 0.5) is 0 Å². The molecule has 0 bridgehead atoms. The first-order valence-corrected chi connectivity index (χ1v) is 9.98. The summed E-state index contributed by atoms with van der Waals surface area (Å²) in [7, 11) is -3.24. The molecular formula is C19H24N2O2S. The predicted octanol–water partition coefficient (Wildman–Crippen LogP) is 2.90. The molecule has 1 atom stereocenters. The summed E-state index contributed by atoms with van der Waals surface area (Å²) in [6, 6.07) is 20.1. The monoisotopic (exact) mass is 344 g/mol. The molecule has 0 spiro atoms. The molecule has 2 aromatic rings. The van der Waals surface area contributed by atoms with Crippen LogP contribution in [0.25, 0.3) is 0 Å². The molecule has 0 saturated carbocycles. The lowest BCUT2D eigenvalue weighted by atomic mass is 10.1. The standard InChI is InChI=1S/C19H24N2O2S/c1-17(19-10-6-3-7-11-19)20-12-14-21(15-13-20)24(22,23)16-18-8-4-2-5-9-18/h2-11,17H,12-16H2,1H3/t17-/m1/s1. The fraction of sp³-hybridized carbons (Fsp3) is 0.368. The molecule has 0 aliphatic carbocycles. The number of sulfonamides is 1. The van der Waals surface area contributed by atoms with Gasteiger partial charge in [-0.15, -0.1) is 0 Å². The molecule has 24 heavy (non-hydrogen) atoms. The zero-order valence-electron chi connectivity index (χ0n) is 14.0. The van der Waals surface area contributed by atoms with Gasteiger partial charge < -0.3 is 0 Å². The first-order chi connectivity index (χ1) is 11.6. The van der Waals surface area contributed by atoms with Gasteiger partial charge in [-0.3, -0.25) is 4.90 Å². The van der Waals surface area contributed by atoms with E-state index in [1.165, 1.54) is 5.56 Å². The molecule has 1 saturated heterocycles. The Balaban J connectivity index is 1.60. The van der Waals surface area contributed by atoms with Crippen LogP contribution in [0.15, 0.2) is 60.7 Å². The minimum absolute atomic E-state index is 0.0854. The van der Waals surface area contributed by atoms with E-state index in [0.717, 1.165) is 18.7 Å². The molecule has 0 amide bonds. The zero-order valence-corrected chi connectivity index (χ0v) is 14.8. The number of hydrogen-bond donors (Lipinski definition) is 0. The van der Waals surface area contributed by atoms with Crippen molar-refractivity contribution in [2.24, 2.45) is 0 Å². The minimum atomic E-state index is -3.24. The summed E-state index contributed by atoms with van der Waals surface area (Å²) in [5, 5.41) is 0. The van der Waals surface area contributed by atoms with Crippen LogP contribution >= 0.6 is 0 Å². The lowest BCUT2D eigenvalue weighted by molar-refractivity contribution is 0.146. The average Bonchev–Trinajstić information content (AvgIpc) is 2.62. The Morgan fingerprint density at radius 3 is 2.00 bits per heavy atom. The van der Waals surface area contributed by atoms with Crippen LogP contribution in [-0.4, -0.2) is 43.8 Å². The molecule has 0 aromatic heterocycles. The van der Waals surface area contributed by atoms with Gasteiger partial charge in [-0.25, -0.2) is 8.42 Å². The fourth-order valence-electron chi connectivity index (χ4n) is 3.19. The van der Waals surface area contributed by atoms with Crippen molar-refractivity contribution in [3.05, 3.63) is 71.8 Å². The molecular weight excluding hydrogens is 320 g/mol. The number of rotatable bonds is 5. The Hall–Kier alpha value is -1.69. The van der Waals surface area contributed by atoms with Crippen LogP contribution in [0, 0.1) is 0 Å². The van der Waals surface area contributed by atoms with Crippen LogP contribution in [0.1, 0.15) is 24.1 Å². The summed E-state index contributed by atoms with van der Waals surface area (Å²) in [6.07, 6.45) is 0. The van der Waals surface area contributed by atoms with E-state index >= 15 is 0 Å². The molecule has 1 aliphatic heterocycles. The summed E-state index contributed by atoms with van der Waals surface area (Å²) in [6.45, 7) is 4.84. The smallest absolute Gasteiger partial charge is 0.218 e. The topological polar surface area (TPSA) is 40.6 Å². The molecule has 4 nitrogen and oxygen atoms in total. The third-order valence-corrected chi connectivity index (χ3v) is 6.54. The van der Waals surface area contributed by atoms with E-state index < -0.39 is 10.0 Å². The van der Waals surface area contributed by atoms with Crippen molar-refractivity contribution < 1.29 is 8.42 Å². The largest absolute Gasteiger partial charge is 0.294 e. The van der Waals surface area contributed by atoms with Crippen LogP contribution in [-0.2, 0) is 15.8 Å². The Kier molecular flexibility index (Phi) is 5.33. The number of benzene rings is 2. The highest BCUT2D eigenvalue weighted by Gasteiger charge is 2.29. The predicted molar refractivity (Wildman–Crippen MR) is 97.1 cm³/mol. The highest BCUT2D eigenvalue weighted by atomic mass is 32.2. The quantitative estimate of drug-likeness (QED) is 0.837. The van der Waals surface area contributed by atoms with Crippen molar-refractivity contribution in [3.63, 3.8) is 0 Å². The molecule has 1 heterocycles. The van der Waals surface area contributed by atoms with Crippen LogP contribution < -0.4 is 0 Å². The summed E-state index contributed by atoms with van der Waals surface area (Å²) in [4.78, 5) is 2.35. The third-order valence-electron chi connectivity index (χ3n) is 4.69. The van der Waals surface area contributed by atoms with E-state index in [2.05, 4.69) is 24.0 Å². The van der Waals surface area contributed by atoms with Gasteiger partial charge in [0.05, 0.1) is 5.75 Å². The summed E-state index contributed by atoms with van der Waals surface area (Å²) in [5.41, 5.74) is 2.12. The van der Waals surface area contributed by atoms with E-state index in [1.807, 2.05) is 48.5 Å². The Morgan fingerprint density at radius 2 is 1.42 bits per heavy atom. The van der Waals surface area contributed by atoms with Gasteiger partial charge in [0, 0.05) is 32.2 Å². The Bertz CT molecular complexity index is 739. The van der Waals surface area contributed by atoms with Crippen molar-refractivity contribution >= 4 is 10.0 Å². The van der Waals surface area contributed by atoms with Gasteiger partial charge >= 0.3 is 0 Å². The van der Waals surface area contributed by atoms with Crippen molar-refractivity contribution in [1.29, 1.82) is 0 Å². The van der Waals surface area contributed by atoms with Crippen molar-refractivity contribution in [1.82, 2.24) is 9.21 Å². The van der Waals surface area contributed by atoms with E-state index in [1.54, 1.807) is 4.31 Å². The van der Waals surface area contributed by atoms with E-state index in [4.69, 9.17) is 0 Å². The second-order valence-corrected chi connectivity index (χ2v) is 8.23. The van der Waals surface area contributed by atoms with Crippen LogP contribution in [0.3, 0.4) is 0 Å². The SMILES string of the molecule is C[C@H](c1ccccc1)N1CCN(S(=O)(=O)Cc2ccccc2)CC1. The highest BCUT2D eigenvalue weighted by molar-refractivity contribution is 7.88. The summed E-state index contributed by atoms with van der Waals surface area (Å²) >= 11 is 0. The number of hydrogen-bond acceptors (Lipinski definition) is 3. The lowest BCUT2D eigenvalue weighted by Crippen LogP contribution is -2.49. The maximum absolute atomic E-state index is 12.6. The molecule has 0 unspecified atom stereocenters. The molecule has 1 aliphatic rings. The number of piperazine rings is 1. The molecule has 0 N–H and O–H groups in total. The molecule has 128 valence electrons. The third kappa shape index (κ3) is 4.04. The first kappa shape index (κ1) is 17.1. The maximum atomic E-state index is 12.6. The normalized spacial score (nSPS) is 18.4. The Labute approximate surface area is 144 Å². The van der Waals surface area contributed by atoms with E-state index in [-0.39, 0.29) is 5.75 Å². The van der Waals surface area contributed by atoms with Gasteiger partial charge in [0.1, 0.15) is 0 Å². The molecule has 3 rings (SSSR count). The van der Waals surface area contributed by atoms with Gasteiger partial charge in [-0.1, -0.05) is 60.7 Å². The average molecular weight is 344 g/mol. The first-order valence-electron chi connectivity index (χ1n) is 8.37.